The Hall–Kier alpha value is -1.77. The monoisotopic (exact) mass is 206 g/mol. The number of hydrogen-bond acceptors (Lipinski definition) is 1. The topological polar surface area (TPSA) is 17.1 Å². The Morgan fingerprint density at radius 1 is 1.07 bits per heavy atom. The van der Waals surface area contributed by atoms with Crippen molar-refractivity contribution in [1.82, 2.24) is 0 Å². The average molecular weight is 206 g/mol. The van der Waals surface area contributed by atoms with Gasteiger partial charge in [0.1, 0.15) is 11.6 Å². The number of fused-ring (bicyclic) bond motifs is 1. The largest absolute Gasteiger partial charge is 0.294 e. The van der Waals surface area contributed by atoms with Crippen molar-refractivity contribution in [2.24, 2.45) is 0 Å². The first-order valence-corrected chi connectivity index (χ1v) is 4.49. The molecule has 15 heavy (non-hydrogen) atoms. The second-order valence-corrected chi connectivity index (χ2v) is 3.31. The summed E-state index contributed by atoms with van der Waals surface area (Å²) in [6.45, 7) is 1.33. The van der Waals surface area contributed by atoms with E-state index in [9.17, 15) is 13.6 Å². The lowest BCUT2D eigenvalue weighted by Crippen LogP contribution is -1.97. The van der Waals surface area contributed by atoms with E-state index in [1.807, 2.05) is 0 Å². The molecular weight excluding hydrogens is 198 g/mol. The SMILES string of the molecule is CC(=O)c1ccc(F)c2cccc(F)c12. The summed E-state index contributed by atoms with van der Waals surface area (Å²) in [5, 5.41) is 0.202. The maximum absolute atomic E-state index is 13.5. The van der Waals surface area contributed by atoms with Crippen LogP contribution in [0.4, 0.5) is 8.78 Å². The fourth-order valence-electron chi connectivity index (χ4n) is 1.62. The molecule has 3 heteroatoms. The third-order valence-corrected chi connectivity index (χ3v) is 2.32. The zero-order valence-electron chi connectivity index (χ0n) is 8.05. The van der Waals surface area contributed by atoms with Crippen molar-refractivity contribution in [3.63, 3.8) is 0 Å². The molecule has 0 aliphatic carbocycles. The molecule has 0 radical (unpaired) electrons. The molecule has 1 nitrogen and oxygen atoms in total. The number of hydrogen-bond donors (Lipinski definition) is 0. The molecule has 76 valence electrons. The van der Waals surface area contributed by atoms with E-state index in [1.165, 1.54) is 37.3 Å². The number of ketones is 1. The van der Waals surface area contributed by atoms with Crippen LogP contribution in [0.3, 0.4) is 0 Å². The Balaban J connectivity index is 2.96. The Labute approximate surface area is 85.3 Å². The summed E-state index contributed by atoms with van der Waals surface area (Å²) in [7, 11) is 0. The van der Waals surface area contributed by atoms with Crippen molar-refractivity contribution >= 4 is 16.6 Å². The van der Waals surface area contributed by atoms with Crippen LogP contribution in [-0.2, 0) is 0 Å². The lowest BCUT2D eigenvalue weighted by atomic mass is 10.0. The van der Waals surface area contributed by atoms with Crippen molar-refractivity contribution in [2.75, 3.05) is 0 Å². The van der Waals surface area contributed by atoms with Crippen LogP contribution in [-0.4, -0.2) is 5.78 Å². The van der Waals surface area contributed by atoms with Gasteiger partial charge >= 0.3 is 0 Å². The Morgan fingerprint density at radius 2 is 1.80 bits per heavy atom. The summed E-state index contributed by atoms with van der Waals surface area (Å²) in [6, 6.07) is 6.58. The van der Waals surface area contributed by atoms with Gasteiger partial charge in [0.2, 0.25) is 0 Å². The average Bonchev–Trinajstić information content (AvgIpc) is 2.19. The zero-order chi connectivity index (χ0) is 11.0. The van der Waals surface area contributed by atoms with Gasteiger partial charge < -0.3 is 0 Å². The molecule has 0 spiro atoms. The molecule has 0 aromatic heterocycles. The van der Waals surface area contributed by atoms with Gasteiger partial charge in [-0.25, -0.2) is 8.78 Å². The summed E-state index contributed by atoms with van der Waals surface area (Å²) in [5.74, 6) is -1.36. The number of Topliss-reactive ketones (excluding diaryl/α,β-unsaturated/α-hetero) is 1. The van der Waals surface area contributed by atoms with Crippen LogP contribution in [0, 0.1) is 11.6 Å². The molecule has 0 atom stereocenters. The van der Waals surface area contributed by atoms with Crippen molar-refractivity contribution in [3.8, 4) is 0 Å². The fourth-order valence-corrected chi connectivity index (χ4v) is 1.62. The zero-order valence-corrected chi connectivity index (χ0v) is 8.05. The first kappa shape index (κ1) is 9.77. The van der Waals surface area contributed by atoms with Crippen LogP contribution in [0.1, 0.15) is 17.3 Å². The predicted molar refractivity (Wildman–Crippen MR) is 53.9 cm³/mol. The van der Waals surface area contributed by atoms with Crippen LogP contribution < -0.4 is 0 Å². The third kappa shape index (κ3) is 1.50. The van der Waals surface area contributed by atoms with Crippen LogP contribution >= 0.6 is 0 Å². The highest BCUT2D eigenvalue weighted by Crippen LogP contribution is 2.24. The highest BCUT2D eigenvalue weighted by atomic mass is 19.1. The van der Waals surface area contributed by atoms with E-state index in [2.05, 4.69) is 0 Å². The molecule has 0 fully saturated rings. The van der Waals surface area contributed by atoms with Crippen molar-refractivity contribution in [1.29, 1.82) is 0 Å². The summed E-state index contributed by atoms with van der Waals surface area (Å²) in [6.07, 6.45) is 0. The van der Waals surface area contributed by atoms with E-state index < -0.39 is 11.6 Å². The normalized spacial score (nSPS) is 10.6. The van der Waals surface area contributed by atoms with E-state index >= 15 is 0 Å². The van der Waals surface area contributed by atoms with Crippen molar-refractivity contribution in [3.05, 3.63) is 47.5 Å². The smallest absolute Gasteiger partial charge is 0.160 e. The Bertz CT molecular complexity index is 547. The molecule has 0 bridgehead atoms. The second-order valence-electron chi connectivity index (χ2n) is 3.31. The molecule has 0 N–H and O–H groups in total. The van der Waals surface area contributed by atoms with Crippen LogP contribution in [0.2, 0.25) is 0 Å². The number of rotatable bonds is 1. The fraction of sp³-hybridized carbons (Fsp3) is 0.0833. The number of benzene rings is 2. The molecule has 0 heterocycles. The van der Waals surface area contributed by atoms with Gasteiger partial charge in [0.05, 0.1) is 0 Å². The van der Waals surface area contributed by atoms with Crippen molar-refractivity contribution in [2.45, 2.75) is 6.92 Å². The third-order valence-electron chi connectivity index (χ3n) is 2.32. The summed E-state index contributed by atoms with van der Waals surface area (Å²) in [5.41, 5.74) is 0.213. The number of carbonyl (C=O) groups is 1. The van der Waals surface area contributed by atoms with Gasteiger partial charge in [0.25, 0.3) is 0 Å². The molecule has 2 rings (SSSR count). The van der Waals surface area contributed by atoms with E-state index in [0.717, 1.165) is 0 Å². The van der Waals surface area contributed by atoms with Gasteiger partial charge in [0, 0.05) is 16.3 Å². The molecule has 0 amide bonds. The van der Waals surface area contributed by atoms with Gasteiger partial charge in [-0.2, -0.15) is 0 Å². The van der Waals surface area contributed by atoms with Gasteiger partial charge in [-0.3, -0.25) is 4.79 Å². The maximum Gasteiger partial charge on any atom is 0.160 e. The van der Waals surface area contributed by atoms with E-state index in [1.54, 1.807) is 0 Å². The van der Waals surface area contributed by atoms with E-state index in [0.29, 0.717) is 0 Å². The highest BCUT2D eigenvalue weighted by molar-refractivity contribution is 6.07. The van der Waals surface area contributed by atoms with Gasteiger partial charge in [-0.1, -0.05) is 12.1 Å². The molecule has 0 unspecified atom stereocenters. The number of carbonyl (C=O) groups excluding carboxylic acids is 1. The highest BCUT2D eigenvalue weighted by Gasteiger charge is 2.12. The Morgan fingerprint density at radius 3 is 2.47 bits per heavy atom. The molecule has 0 saturated carbocycles. The lowest BCUT2D eigenvalue weighted by Gasteiger charge is -2.05. The molecular formula is C12H8F2O. The van der Waals surface area contributed by atoms with Gasteiger partial charge in [0.15, 0.2) is 5.78 Å². The summed E-state index contributed by atoms with van der Waals surface area (Å²) in [4.78, 5) is 11.2. The molecule has 2 aromatic rings. The molecule has 0 aliphatic heterocycles. The second kappa shape index (κ2) is 3.42. The van der Waals surface area contributed by atoms with Crippen molar-refractivity contribution < 1.29 is 13.6 Å². The molecule has 0 aliphatic rings. The minimum atomic E-state index is -0.572. The molecule has 2 aromatic carbocycles. The standard InChI is InChI=1S/C12H8F2O/c1-7(15)8-5-6-10(13)9-3-2-4-11(14)12(8)9/h2-6H,1H3. The first-order valence-electron chi connectivity index (χ1n) is 4.49. The maximum atomic E-state index is 13.5. The quantitative estimate of drug-likeness (QED) is 0.654. The van der Waals surface area contributed by atoms with Crippen LogP contribution in [0.15, 0.2) is 30.3 Å². The van der Waals surface area contributed by atoms with Crippen LogP contribution in [0.5, 0.6) is 0 Å². The predicted octanol–water partition coefficient (Wildman–Crippen LogP) is 3.32. The summed E-state index contributed by atoms with van der Waals surface area (Å²) < 4.78 is 26.8. The van der Waals surface area contributed by atoms with E-state index in [4.69, 9.17) is 0 Å². The van der Waals surface area contributed by atoms with Gasteiger partial charge in [-0.15, -0.1) is 0 Å². The Kier molecular flexibility index (Phi) is 2.23. The van der Waals surface area contributed by atoms with Gasteiger partial charge in [-0.05, 0) is 25.1 Å². The summed E-state index contributed by atoms with van der Waals surface area (Å²) >= 11 is 0. The lowest BCUT2D eigenvalue weighted by molar-refractivity contribution is 0.101. The van der Waals surface area contributed by atoms with E-state index in [-0.39, 0.29) is 22.1 Å². The minimum absolute atomic E-state index is 0.0602. The number of halogens is 2. The molecule has 0 saturated heterocycles. The van der Waals surface area contributed by atoms with Crippen LogP contribution in [0.25, 0.3) is 10.8 Å². The first-order chi connectivity index (χ1) is 7.11. The minimum Gasteiger partial charge on any atom is -0.294 e.